The van der Waals surface area contributed by atoms with Crippen LogP contribution in [0.5, 0.6) is 11.5 Å². The lowest BCUT2D eigenvalue weighted by atomic mass is 10.2. The average Bonchev–Trinajstić information content (AvgIpc) is 3.40. The van der Waals surface area contributed by atoms with E-state index >= 15 is 0 Å². The van der Waals surface area contributed by atoms with E-state index in [4.69, 9.17) is 9.47 Å². The Morgan fingerprint density at radius 3 is 2.49 bits per heavy atom. The third-order valence-corrected chi connectivity index (χ3v) is 6.41. The van der Waals surface area contributed by atoms with Crippen molar-refractivity contribution >= 4 is 27.3 Å². The molecule has 4 aromatic rings. The number of aromatic nitrogens is 4. The summed E-state index contributed by atoms with van der Waals surface area (Å²) in [5.41, 5.74) is 0.824. The topological polar surface area (TPSA) is 137 Å². The molecule has 1 aromatic heterocycles. The number of benzene rings is 3. The van der Waals surface area contributed by atoms with Gasteiger partial charge in [0.15, 0.2) is 11.5 Å². The number of amides is 1. The lowest BCUT2D eigenvalue weighted by Crippen LogP contribution is -2.17. The molecular formula is C22H17FN6O5S. The minimum atomic E-state index is -3.91. The second-order valence-corrected chi connectivity index (χ2v) is 9.04. The number of sulfonamides is 1. The van der Waals surface area contributed by atoms with Crippen molar-refractivity contribution < 1.29 is 27.1 Å². The molecule has 178 valence electrons. The molecule has 35 heavy (non-hydrogen) atoms. The summed E-state index contributed by atoms with van der Waals surface area (Å²) in [5, 5.41) is 13.3. The molecule has 0 fully saturated rings. The Morgan fingerprint density at radius 2 is 1.74 bits per heavy atom. The number of carbonyl (C=O) groups is 1. The first-order chi connectivity index (χ1) is 16.9. The first-order valence-corrected chi connectivity index (χ1v) is 11.7. The molecular weight excluding hydrogens is 479 g/mol. The molecule has 0 saturated carbocycles. The molecule has 0 radical (unpaired) electrons. The van der Waals surface area contributed by atoms with E-state index in [9.17, 15) is 17.6 Å². The minimum absolute atomic E-state index is 0.00140. The molecule has 1 aliphatic heterocycles. The number of nitrogens with one attached hydrogen (secondary N) is 2. The maximum absolute atomic E-state index is 14.2. The predicted molar refractivity (Wildman–Crippen MR) is 122 cm³/mol. The standard InChI is InChI=1S/C22H17FN6O5S/c23-18-7-5-16(29-13-24-27-28-29)11-19(18)25-22(30)14-1-3-15(4-2-14)26-35(31,32)17-6-8-20-21(12-17)34-10-9-33-20/h1-8,11-13,26H,9-10H2,(H,25,30). The van der Waals surface area contributed by atoms with Crippen LogP contribution in [0.3, 0.4) is 0 Å². The third kappa shape index (κ3) is 4.75. The second-order valence-electron chi connectivity index (χ2n) is 7.36. The maximum Gasteiger partial charge on any atom is 0.262 e. The van der Waals surface area contributed by atoms with Gasteiger partial charge in [0.2, 0.25) is 0 Å². The molecule has 1 aliphatic rings. The van der Waals surface area contributed by atoms with Gasteiger partial charge in [-0.3, -0.25) is 9.52 Å². The fourth-order valence-corrected chi connectivity index (χ4v) is 4.39. The summed E-state index contributed by atoms with van der Waals surface area (Å²) in [6.45, 7) is 0.730. The van der Waals surface area contributed by atoms with Crippen molar-refractivity contribution in [1.82, 2.24) is 20.2 Å². The lowest BCUT2D eigenvalue weighted by Gasteiger charge is -2.19. The van der Waals surface area contributed by atoms with Gasteiger partial charge in [-0.2, -0.15) is 0 Å². The highest BCUT2D eigenvalue weighted by atomic mass is 32.2. The van der Waals surface area contributed by atoms with Gasteiger partial charge in [-0.25, -0.2) is 17.5 Å². The summed E-state index contributed by atoms with van der Waals surface area (Å²) < 4.78 is 54.4. The van der Waals surface area contributed by atoms with Crippen LogP contribution in [0.1, 0.15) is 10.4 Å². The van der Waals surface area contributed by atoms with Gasteiger partial charge >= 0.3 is 0 Å². The smallest absolute Gasteiger partial charge is 0.262 e. The van der Waals surface area contributed by atoms with Crippen LogP contribution >= 0.6 is 0 Å². The zero-order valence-electron chi connectivity index (χ0n) is 17.9. The molecule has 0 saturated heterocycles. The summed E-state index contributed by atoms with van der Waals surface area (Å²) in [6, 6.07) is 14.1. The van der Waals surface area contributed by atoms with Crippen molar-refractivity contribution in [3.05, 3.63) is 78.4 Å². The molecule has 13 heteroatoms. The van der Waals surface area contributed by atoms with Gasteiger partial charge in [-0.15, -0.1) is 5.10 Å². The highest BCUT2D eigenvalue weighted by Crippen LogP contribution is 2.32. The molecule has 0 bridgehead atoms. The summed E-state index contributed by atoms with van der Waals surface area (Å²) in [7, 11) is -3.91. The number of anilines is 2. The monoisotopic (exact) mass is 496 g/mol. The number of rotatable bonds is 6. The maximum atomic E-state index is 14.2. The van der Waals surface area contributed by atoms with Crippen molar-refractivity contribution in [3.8, 4) is 17.2 Å². The summed E-state index contributed by atoms with van der Waals surface area (Å²) in [5.74, 6) is -0.397. The van der Waals surface area contributed by atoms with Gasteiger partial charge in [-0.1, -0.05) is 0 Å². The van der Waals surface area contributed by atoms with Gasteiger partial charge in [0, 0.05) is 17.3 Å². The fourth-order valence-electron chi connectivity index (χ4n) is 3.32. The fraction of sp³-hybridized carbons (Fsp3) is 0.0909. The van der Waals surface area contributed by atoms with Crippen molar-refractivity contribution in [1.29, 1.82) is 0 Å². The van der Waals surface area contributed by atoms with E-state index in [1.807, 2.05) is 0 Å². The number of halogens is 1. The van der Waals surface area contributed by atoms with Gasteiger partial charge in [-0.05, 0) is 65.0 Å². The third-order valence-electron chi connectivity index (χ3n) is 5.03. The number of fused-ring (bicyclic) bond motifs is 1. The lowest BCUT2D eigenvalue weighted by molar-refractivity contribution is 0.102. The first kappa shape index (κ1) is 22.3. The summed E-state index contributed by atoms with van der Waals surface area (Å²) in [4.78, 5) is 12.6. The van der Waals surface area contributed by atoms with Crippen molar-refractivity contribution in [2.45, 2.75) is 4.90 Å². The Balaban J connectivity index is 1.29. The Morgan fingerprint density at radius 1 is 0.971 bits per heavy atom. The highest BCUT2D eigenvalue weighted by Gasteiger charge is 2.20. The van der Waals surface area contributed by atoms with E-state index < -0.39 is 21.7 Å². The Hall–Kier alpha value is -4.52. The zero-order valence-corrected chi connectivity index (χ0v) is 18.7. The van der Waals surface area contributed by atoms with Crippen LogP contribution in [-0.4, -0.2) is 47.7 Å². The Bertz CT molecular complexity index is 1490. The number of hydrogen-bond donors (Lipinski definition) is 2. The minimum Gasteiger partial charge on any atom is -0.486 e. The van der Waals surface area contributed by atoms with Crippen LogP contribution in [0, 0.1) is 5.82 Å². The SMILES string of the molecule is O=C(Nc1cc(-n2cnnn2)ccc1F)c1ccc(NS(=O)(=O)c2ccc3c(c2)OCCO3)cc1. The van der Waals surface area contributed by atoms with E-state index in [0.29, 0.717) is 30.4 Å². The number of hydrogen-bond acceptors (Lipinski definition) is 8. The normalized spacial score (nSPS) is 12.7. The van der Waals surface area contributed by atoms with Crippen molar-refractivity contribution in [2.24, 2.45) is 0 Å². The average molecular weight is 496 g/mol. The van der Waals surface area contributed by atoms with E-state index in [1.54, 1.807) is 0 Å². The largest absolute Gasteiger partial charge is 0.486 e. The van der Waals surface area contributed by atoms with Crippen LogP contribution in [0.4, 0.5) is 15.8 Å². The second kappa shape index (κ2) is 9.02. The van der Waals surface area contributed by atoms with E-state index in [2.05, 4.69) is 25.6 Å². The number of ether oxygens (including phenoxy) is 2. The van der Waals surface area contributed by atoms with Gasteiger partial charge in [0.05, 0.1) is 16.3 Å². The summed E-state index contributed by atoms with van der Waals surface area (Å²) >= 11 is 0. The van der Waals surface area contributed by atoms with E-state index in [1.165, 1.54) is 71.7 Å². The predicted octanol–water partition coefficient (Wildman–Crippen LogP) is 2.63. The molecule has 0 spiro atoms. The van der Waals surface area contributed by atoms with Gasteiger partial charge in [0.25, 0.3) is 15.9 Å². The molecule has 0 atom stereocenters. The zero-order chi connectivity index (χ0) is 24.4. The number of carbonyl (C=O) groups excluding carboxylic acids is 1. The molecule has 0 aliphatic carbocycles. The van der Waals surface area contributed by atoms with E-state index in [-0.39, 0.29) is 21.8 Å². The molecule has 2 heterocycles. The Kier molecular flexibility index (Phi) is 5.74. The quantitative estimate of drug-likeness (QED) is 0.416. The molecule has 11 nitrogen and oxygen atoms in total. The Labute approximate surface area is 198 Å². The van der Waals surface area contributed by atoms with Crippen LogP contribution in [0.25, 0.3) is 5.69 Å². The molecule has 2 N–H and O–H groups in total. The van der Waals surface area contributed by atoms with Crippen LogP contribution in [-0.2, 0) is 10.0 Å². The number of tetrazole rings is 1. The molecule has 3 aromatic carbocycles. The first-order valence-electron chi connectivity index (χ1n) is 10.3. The highest BCUT2D eigenvalue weighted by molar-refractivity contribution is 7.92. The van der Waals surface area contributed by atoms with Crippen LogP contribution in [0.2, 0.25) is 0 Å². The van der Waals surface area contributed by atoms with Gasteiger partial charge < -0.3 is 14.8 Å². The summed E-state index contributed by atoms with van der Waals surface area (Å²) in [6.07, 6.45) is 1.34. The molecule has 1 amide bonds. The van der Waals surface area contributed by atoms with Crippen molar-refractivity contribution in [3.63, 3.8) is 0 Å². The van der Waals surface area contributed by atoms with Crippen LogP contribution in [0.15, 0.2) is 71.9 Å². The number of nitrogens with zero attached hydrogens (tertiary/aromatic N) is 4. The van der Waals surface area contributed by atoms with Crippen LogP contribution < -0.4 is 19.5 Å². The van der Waals surface area contributed by atoms with Gasteiger partial charge in [0.1, 0.15) is 25.4 Å². The van der Waals surface area contributed by atoms with Crippen molar-refractivity contribution in [2.75, 3.05) is 23.3 Å². The van der Waals surface area contributed by atoms with E-state index in [0.717, 1.165) is 0 Å². The molecule has 0 unspecified atom stereocenters. The molecule has 5 rings (SSSR count).